The Morgan fingerprint density at radius 1 is 1.48 bits per heavy atom. The third-order valence-corrected chi connectivity index (χ3v) is 4.17. The molecule has 0 aliphatic heterocycles. The fourth-order valence-corrected chi connectivity index (χ4v) is 2.95. The van der Waals surface area contributed by atoms with Crippen molar-refractivity contribution in [3.63, 3.8) is 0 Å². The molecule has 1 aliphatic rings. The normalized spacial score (nSPS) is 21.4. The number of carbonyl (C=O) groups excluding carboxylic acids is 1. The molecule has 1 aliphatic carbocycles. The molecule has 0 unspecified atom stereocenters. The number of carbonyl (C=O) groups is 1. The van der Waals surface area contributed by atoms with Gasteiger partial charge in [-0.25, -0.2) is 8.78 Å². The van der Waals surface area contributed by atoms with Crippen molar-refractivity contribution in [1.82, 2.24) is 9.78 Å². The Morgan fingerprint density at radius 2 is 2.13 bits per heavy atom. The number of nitrogens with zero attached hydrogens (tertiary/aromatic N) is 3. The van der Waals surface area contributed by atoms with Crippen LogP contribution < -0.4 is 0 Å². The van der Waals surface area contributed by atoms with Crippen molar-refractivity contribution in [1.29, 1.82) is 0 Å². The molecule has 0 N–H and O–H groups in total. The fraction of sp³-hybridized carbons (Fsp3) is 0.714. The van der Waals surface area contributed by atoms with E-state index in [4.69, 9.17) is 4.74 Å². The highest BCUT2D eigenvalue weighted by Crippen LogP contribution is 2.36. The summed E-state index contributed by atoms with van der Waals surface area (Å²) in [6.07, 6.45) is 2.04. The van der Waals surface area contributed by atoms with Crippen LogP contribution in [0, 0.1) is 16.0 Å². The Balaban J connectivity index is 1.93. The molecule has 1 aromatic rings. The summed E-state index contributed by atoms with van der Waals surface area (Å²) in [6.45, 7) is 1.75. The first-order chi connectivity index (χ1) is 10.9. The minimum Gasteiger partial charge on any atom is -0.466 e. The van der Waals surface area contributed by atoms with Crippen LogP contribution in [0.5, 0.6) is 0 Å². The lowest BCUT2D eigenvalue weighted by Crippen LogP contribution is -2.20. The Hall–Kier alpha value is -2.06. The molecule has 128 valence electrons. The van der Waals surface area contributed by atoms with Gasteiger partial charge in [0.2, 0.25) is 5.69 Å². The summed E-state index contributed by atoms with van der Waals surface area (Å²) in [7, 11) is 0. The number of halogens is 2. The molecule has 1 fully saturated rings. The number of ether oxygens (including phenoxy) is 1. The maximum absolute atomic E-state index is 12.8. The second-order valence-corrected chi connectivity index (χ2v) is 5.74. The smallest absolute Gasteiger partial charge is 0.316 e. The molecule has 9 heteroatoms. The third kappa shape index (κ3) is 4.46. The van der Waals surface area contributed by atoms with Gasteiger partial charge in [-0.15, -0.1) is 0 Å². The molecule has 7 nitrogen and oxygen atoms in total. The number of hydrogen-bond donors (Lipinski definition) is 0. The number of rotatable bonds is 6. The highest BCUT2D eigenvalue weighted by atomic mass is 19.3. The molecule has 0 radical (unpaired) electrons. The lowest BCUT2D eigenvalue weighted by molar-refractivity contribution is -0.386. The third-order valence-electron chi connectivity index (χ3n) is 4.17. The predicted molar refractivity (Wildman–Crippen MR) is 76.1 cm³/mol. The van der Waals surface area contributed by atoms with Gasteiger partial charge in [-0.2, -0.15) is 5.10 Å². The van der Waals surface area contributed by atoms with E-state index in [1.807, 2.05) is 0 Å². The first-order valence-electron chi connectivity index (χ1n) is 7.53. The van der Waals surface area contributed by atoms with E-state index in [2.05, 4.69) is 5.10 Å². The van der Waals surface area contributed by atoms with E-state index >= 15 is 0 Å². The number of esters is 1. The van der Waals surface area contributed by atoms with E-state index < -0.39 is 22.7 Å². The van der Waals surface area contributed by atoms with E-state index in [-0.39, 0.29) is 12.0 Å². The van der Waals surface area contributed by atoms with Crippen molar-refractivity contribution < 1.29 is 23.2 Å². The molecular formula is C14H19F2N3O4. The van der Waals surface area contributed by atoms with Crippen molar-refractivity contribution >= 4 is 11.7 Å². The Morgan fingerprint density at radius 3 is 2.61 bits per heavy atom. The molecule has 0 bridgehead atoms. The summed E-state index contributed by atoms with van der Waals surface area (Å²) in [5.41, 5.74) is -1.40. The largest absolute Gasteiger partial charge is 0.466 e. The van der Waals surface area contributed by atoms with Gasteiger partial charge in [0.15, 0.2) is 0 Å². The fourth-order valence-electron chi connectivity index (χ4n) is 2.95. The van der Waals surface area contributed by atoms with Gasteiger partial charge in [0.05, 0.1) is 17.6 Å². The lowest BCUT2D eigenvalue weighted by atomic mass is 9.84. The van der Waals surface area contributed by atoms with E-state index in [1.165, 1.54) is 11.6 Å². The average molecular weight is 331 g/mol. The van der Waals surface area contributed by atoms with Gasteiger partial charge >= 0.3 is 11.7 Å². The lowest BCUT2D eigenvalue weighted by Gasteiger charge is -2.28. The Kier molecular flexibility index (Phi) is 5.62. The van der Waals surface area contributed by atoms with E-state index in [1.54, 1.807) is 0 Å². The van der Waals surface area contributed by atoms with Gasteiger partial charge in [0.1, 0.15) is 6.20 Å². The van der Waals surface area contributed by atoms with Crippen LogP contribution in [0.4, 0.5) is 14.5 Å². The van der Waals surface area contributed by atoms with Gasteiger partial charge < -0.3 is 4.74 Å². The van der Waals surface area contributed by atoms with Crippen LogP contribution in [0.1, 0.15) is 57.2 Å². The zero-order valence-corrected chi connectivity index (χ0v) is 12.8. The van der Waals surface area contributed by atoms with Crippen LogP contribution in [-0.4, -0.2) is 27.3 Å². The minimum absolute atomic E-state index is 0.105. The number of aromatic nitrogens is 2. The summed E-state index contributed by atoms with van der Waals surface area (Å²) in [6, 6.07) is -0.105. The Labute approximate surface area is 131 Å². The SMILES string of the molecule is CC(=O)OCCC1CCC(n2cc([N+](=O)[O-])c(C(F)F)n2)CC1. The molecule has 0 atom stereocenters. The summed E-state index contributed by atoms with van der Waals surface area (Å²) in [5, 5.41) is 14.5. The summed E-state index contributed by atoms with van der Waals surface area (Å²) >= 11 is 0. The standard InChI is InChI=1S/C14H19F2N3O4/c1-9(20)23-7-6-10-2-4-11(5-3-10)18-8-12(19(21)22)13(17-18)14(15)16/h8,10-11,14H,2-7H2,1H3. The van der Waals surface area contributed by atoms with Crippen molar-refractivity contribution in [2.24, 2.45) is 5.92 Å². The summed E-state index contributed by atoms with van der Waals surface area (Å²) < 4.78 is 31.8. The monoisotopic (exact) mass is 331 g/mol. The van der Waals surface area contributed by atoms with E-state index in [0.717, 1.165) is 25.5 Å². The van der Waals surface area contributed by atoms with Crippen LogP contribution in [0.15, 0.2) is 6.20 Å². The highest BCUT2D eigenvalue weighted by Gasteiger charge is 2.30. The molecule has 1 aromatic heterocycles. The molecule has 1 heterocycles. The highest BCUT2D eigenvalue weighted by molar-refractivity contribution is 5.65. The minimum atomic E-state index is -2.96. The van der Waals surface area contributed by atoms with Crippen LogP contribution in [0.2, 0.25) is 0 Å². The number of hydrogen-bond acceptors (Lipinski definition) is 5. The molecule has 0 aromatic carbocycles. The van der Waals surface area contributed by atoms with Crippen LogP contribution in [0.3, 0.4) is 0 Å². The van der Waals surface area contributed by atoms with Gasteiger partial charge in [-0.1, -0.05) is 0 Å². The van der Waals surface area contributed by atoms with Crippen molar-refractivity contribution in [3.05, 3.63) is 22.0 Å². The molecule has 2 rings (SSSR count). The predicted octanol–water partition coefficient (Wildman–Crippen LogP) is 3.41. The van der Waals surface area contributed by atoms with E-state index in [9.17, 15) is 23.7 Å². The van der Waals surface area contributed by atoms with Crippen molar-refractivity contribution in [2.45, 2.75) is 51.5 Å². The van der Waals surface area contributed by atoms with Crippen molar-refractivity contribution in [2.75, 3.05) is 6.61 Å². The maximum atomic E-state index is 12.8. The molecule has 23 heavy (non-hydrogen) atoms. The number of alkyl halides is 2. The van der Waals surface area contributed by atoms with Gasteiger partial charge in [-0.3, -0.25) is 19.6 Å². The van der Waals surface area contributed by atoms with Gasteiger partial charge in [0.25, 0.3) is 6.43 Å². The first kappa shape index (κ1) is 17.3. The maximum Gasteiger partial charge on any atom is 0.316 e. The topological polar surface area (TPSA) is 87.3 Å². The Bertz CT molecular complexity index is 568. The second kappa shape index (κ2) is 7.47. The zero-order chi connectivity index (χ0) is 17.0. The molecule has 0 saturated heterocycles. The average Bonchev–Trinajstić information content (AvgIpc) is 2.93. The van der Waals surface area contributed by atoms with Gasteiger partial charge in [-0.05, 0) is 38.0 Å². The van der Waals surface area contributed by atoms with Gasteiger partial charge in [0, 0.05) is 6.92 Å². The molecular weight excluding hydrogens is 312 g/mol. The molecule has 1 saturated carbocycles. The quantitative estimate of drug-likeness (QED) is 0.453. The van der Waals surface area contributed by atoms with Crippen LogP contribution in [-0.2, 0) is 9.53 Å². The van der Waals surface area contributed by atoms with Crippen molar-refractivity contribution in [3.8, 4) is 0 Å². The van der Waals surface area contributed by atoms with Crippen LogP contribution in [0.25, 0.3) is 0 Å². The first-order valence-corrected chi connectivity index (χ1v) is 7.53. The van der Waals surface area contributed by atoms with E-state index in [0.29, 0.717) is 25.4 Å². The zero-order valence-electron chi connectivity index (χ0n) is 12.8. The van der Waals surface area contributed by atoms with Crippen LogP contribution >= 0.6 is 0 Å². The summed E-state index contributed by atoms with van der Waals surface area (Å²) in [5.74, 6) is 0.104. The second-order valence-electron chi connectivity index (χ2n) is 5.74. The summed E-state index contributed by atoms with van der Waals surface area (Å²) in [4.78, 5) is 20.7. The number of nitro groups is 1. The molecule has 0 spiro atoms. The molecule has 0 amide bonds.